The summed E-state index contributed by atoms with van der Waals surface area (Å²) in [6.45, 7) is 13.3. The Hall–Kier alpha value is -1.84. The zero-order valence-corrected chi connectivity index (χ0v) is 23.6. The van der Waals surface area contributed by atoms with Crippen LogP contribution in [0.1, 0.15) is 133 Å². The molecule has 4 rings (SSSR count). The molecule has 0 amide bonds. The van der Waals surface area contributed by atoms with E-state index in [1.807, 2.05) is 6.07 Å². The third-order valence-corrected chi connectivity index (χ3v) is 9.45. The summed E-state index contributed by atoms with van der Waals surface area (Å²) < 4.78 is 5.64. The van der Waals surface area contributed by atoms with E-state index >= 15 is 0 Å². The molecule has 1 fully saturated rings. The van der Waals surface area contributed by atoms with Crippen molar-refractivity contribution >= 4 is 11.9 Å². The van der Waals surface area contributed by atoms with E-state index in [1.165, 1.54) is 45.4 Å². The van der Waals surface area contributed by atoms with Crippen molar-refractivity contribution in [1.82, 2.24) is 0 Å². The van der Waals surface area contributed by atoms with Gasteiger partial charge in [0.05, 0.1) is 5.56 Å². The van der Waals surface area contributed by atoms with Crippen LogP contribution in [-0.4, -0.2) is 23.1 Å². The summed E-state index contributed by atoms with van der Waals surface area (Å²) in [5, 5.41) is 10.2. The first-order chi connectivity index (χ1) is 17.0. The van der Waals surface area contributed by atoms with Crippen LogP contribution in [0.3, 0.4) is 0 Å². The standard InChI is InChI=1S/C32H50O4/c1-21(2)9-7-11-23(4)29-16-17-30-27-15-13-25(20-28(27)31(34)35)19-26(36-24(5)33)14-12-22(3)10-8-18-32(29,30)6/h13,15,20-23,26,29-30H,7-12,14,16-19H2,1-6H3,(H,34,35)/t22?,23-,26+,29-,30+,32-/m1/s1. The fourth-order valence-corrected chi connectivity index (χ4v) is 7.48. The molecule has 1 saturated carbocycles. The molecule has 0 heterocycles. The van der Waals surface area contributed by atoms with Crippen molar-refractivity contribution in [3.63, 3.8) is 0 Å². The predicted molar refractivity (Wildman–Crippen MR) is 146 cm³/mol. The van der Waals surface area contributed by atoms with E-state index in [9.17, 15) is 14.7 Å². The number of esters is 1. The van der Waals surface area contributed by atoms with Crippen LogP contribution in [0.4, 0.5) is 0 Å². The lowest BCUT2D eigenvalue weighted by molar-refractivity contribution is -0.146. The van der Waals surface area contributed by atoms with E-state index in [1.54, 1.807) is 0 Å². The number of carbonyl (C=O) groups excluding carboxylic acids is 1. The summed E-state index contributed by atoms with van der Waals surface area (Å²) in [6.07, 6.45) is 11.8. The molecule has 1 N–H and O–H groups in total. The van der Waals surface area contributed by atoms with E-state index < -0.39 is 5.97 Å². The molecule has 2 bridgehead atoms. The maximum absolute atomic E-state index is 12.5. The number of ether oxygens (including phenoxy) is 1. The number of fused-ring (bicyclic) bond motifs is 9. The van der Waals surface area contributed by atoms with Gasteiger partial charge in [-0.1, -0.05) is 78.9 Å². The highest BCUT2D eigenvalue weighted by atomic mass is 16.5. The van der Waals surface area contributed by atoms with Crippen LogP contribution in [0.15, 0.2) is 18.2 Å². The number of carboxylic acids is 1. The van der Waals surface area contributed by atoms with Crippen molar-refractivity contribution in [3.8, 4) is 0 Å². The third kappa shape index (κ3) is 7.13. The number of aromatic carboxylic acids is 1. The van der Waals surface area contributed by atoms with Crippen molar-refractivity contribution in [1.29, 1.82) is 0 Å². The first-order valence-corrected chi connectivity index (χ1v) is 14.5. The molecule has 0 aromatic heterocycles. The minimum Gasteiger partial charge on any atom is -0.478 e. The topological polar surface area (TPSA) is 63.6 Å². The number of carbonyl (C=O) groups is 2. The predicted octanol–water partition coefficient (Wildman–Crippen LogP) is 8.42. The van der Waals surface area contributed by atoms with Crippen LogP contribution in [0, 0.1) is 29.1 Å². The Bertz CT molecular complexity index is 890. The number of rotatable bonds is 7. The second-order valence-corrected chi connectivity index (χ2v) is 12.8. The molecule has 0 saturated heterocycles. The van der Waals surface area contributed by atoms with Crippen LogP contribution in [0.25, 0.3) is 0 Å². The average molecular weight is 499 g/mol. The van der Waals surface area contributed by atoms with Gasteiger partial charge in [0.1, 0.15) is 6.10 Å². The van der Waals surface area contributed by atoms with Gasteiger partial charge >= 0.3 is 11.9 Å². The number of carboxylic acid groups (broad SMARTS) is 1. The molecule has 4 nitrogen and oxygen atoms in total. The van der Waals surface area contributed by atoms with Crippen molar-refractivity contribution in [3.05, 3.63) is 34.9 Å². The summed E-state index contributed by atoms with van der Waals surface area (Å²) in [4.78, 5) is 24.2. The fourth-order valence-electron chi connectivity index (χ4n) is 7.48. The first-order valence-electron chi connectivity index (χ1n) is 14.5. The van der Waals surface area contributed by atoms with Gasteiger partial charge in [0.25, 0.3) is 0 Å². The summed E-state index contributed by atoms with van der Waals surface area (Å²) in [6, 6.07) is 6.04. The molecule has 0 aliphatic heterocycles. The highest BCUT2D eigenvalue weighted by Gasteiger charge is 2.49. The van der Waals surface area contributed by atoms with Gasteiger partial charge in [-0.2, -0.15) is 0 Å². The number of hydrogen-bond acceptors (Lipinski definition) is 3. The molecule has 3 aliphatic carbocycles. The lowest BCUT2D eigenvalue weighted by Crippen LogP contribution is -2.32. The minimum absolute atomic E-state index is 0.118. The van der Waals surface area contributed by atoms with E-state index in [0.717, 1.165) is 42.7 Å². The monoisotopic (exact) mass is 498 g/mol. The van der Waals surface area contributed by atoms with Gasteiger partial charge in [0, 0.05) is 13.3 Å². The molecule has 0 spiro atoms. The Morgan fingerprint density at radius 3 is 2.50 bits per heavy atom. The average Bonchev–Trinajstić information content (AvgIpc) is 3.13. The Labute approximate surface area is 219 Å². The zero-order valence-electron chi connectivity index (χ0n) is 23.6. The number of hydrogen-bond donors (Lipinski definition) is 1. The van der Waals surface area contributed by atoms with Crippen molar-refractivity contribution < 1.29 is 19.4 Å². The SMILES string of the molecule is CC(=O)O[C@H]1CCC(C)CCC[C@]2(C)[C@@H]([C@H](C)CCCC(C)C)CC[C@H]2c2ccc(cc2C(=O)O)C1. The summed E-state index contributed by atoms with van der Waals surface area (Å²) in [5.41, 5.74) is 2.53. The molecule has 1 aromatic carbocycles. The quantitative estimate of drug-likeness (QED) is 0.383. The molecule has 36 heavy (non-hydrogen) atoms. The normalized spacial score (nSPS) is 30.0. The van der Waals surface area contributed by atoms with Crippen molar-refractivity contribution in [2.75, 3.05) is 0 Å². The van der Waals surface area contributed by atoms with Gasteiger partial charge in [-0.25, -0.2) is 4.79 Å². The van der Waals surface area contributed by atoms with Gasteiger partial charge < -0.3 is 9.84 Å². The molecular formula is C32H50O4. The second-order valence-electron chi connectivity index (χ2n) is 12.8. The van der Waals surface area contributed by atoms with Gasteiger partial charge in [-0.15, -0.1) is 0 Å². The van der Waals surface area contributed by atoms with Crippen LogP contribution in [0.5, 0.6) is 0 Å². The summed E-state index contributed by atoms with van der Waals surface area (Å²) in [7, 11) is 0. The van der Waals surface area contributed by atoms with E-state index in [-0.39, 0.29) is 23.4 Å². The Kier molecular flexibility index (Phi) is 10.1. The van der Waals surface area contributed by atoms with Gasteiger partial charge in [-0.3, -0.25) is 4.79 Å². The summed E-state index contributed by atoms with van der Waals surface area (Å²) >= 11 is 0. The maximum Gasteiger partial charge on any atom is 0.335 e. The molecule has 0 radical (unpaired) electrons. The maximum atomic E-state index is 12.5. The summed E-state index contributed by atoms with van der Waals surface area (Å²) in [5.74, 6) is 1.80. The molecule has 4 heteroatoms. The van der Waals surface area contributed by atoms with Gasteiger partial charge in [0.2, 0.25) is 0 Å². The molecule has 3 aliphatic rings. The minimum atomic E-state index is -0.840. The molecule has 1 unspecified atom stereocenters. The van der Waals surface area contributed by atoms with E-state index in [2.05, 4.69) is 46.8 Å². The van der Waals surface area contributed by atoms with Gasteiger partial charge in [0.15, 0.2) is 0 Å². The Morgan fingerprint density at radius 1 is 1.08 bits per heavy atom. The molecule has 6 atom stereocenters. The smallest absolute Gasteiger partial charge is 0.335 e. The van der Waals surface area contributed by atoms with Crippen LogP contribution in [0.2, 0.25) is 0 Å². The lowest BCUT2D eigenvalue weighted by atomic mass is 9.63. The Balaban J connectivity index is 1.96. The van der Waals surface area contributed by atoms with Crippen LogP contribution in [-0.2, 0) is 16.0 Å². The lowest BCUT2D eigenvalue weighted by Gasteiger charge is -2.41. The molecular weight excluding hydrogens is 448 g/mol. The van der Waals surface area contributed by atoms with Crippen molar-refractivity contribution in [2.45, 2.75) is 124 Å². The van der Waals surface area contributed by atoms with Crippen molar-refractivity contribution in [2.24, 2.45) is 29.1 Å². The number of benzene rings is 1. The van der Waals surface area contributed by atoms with Crippen LogP contribution < -0.4 is 0 Å². The third-order valence-electron chi connectivity index (χ3n) is 9.45. The highest BCUT2D eigenvalue weighted by Crippen LogP contribution is 2.59. The first kappa shape index (κ1) is 28.7. The van der Waals surface area contributed by atoms with E-state index in [0.29, 0.717) is 29.7 Å². The second kappa shape index (κ2) is 12.6. The van der Waals surface area contributed by atoms with Crippen LogP contribution >= 0.6 is 0 Å². The fraction of sp³-hybridized carbons (Fsp3) is 0.750. The van der Waals surface area contributed by atoms with Gasteiger partial charge in [-0.05, 0) is 84.3 Å². The zero-order chi connectivity index (χ0) is 26.5. The largest absolute Gasteiger partial charge is 0.478 e. The highest BCUT2D eigenvalue weighted by molar-refractivity contribution is 5.90. The molecule has 202 valence electrons. The Morgan fingerprint density at radius 2 is 1.83 bits per heavy atom. The molecule has 1 aromatic rings. The van der Waals surface area contributed by atoms with E-state index in [4.69, 9.17) is 4.74 Å².